The van der Waals surface area contributed by atoms with E-state index in [1.165, 1.54) is 12.8 Å². The summed E-state index contributed by atoms with van der Waals surface area (Å²) in [4.78, 5) is 14.0. The van der Waals surface area contributed by atoms with Crippen molar-refractivity contribution < 1.29 is 0 Å². The first kappa shape index (κ1) is 17.1. The van der Waals surface area contributed by atoms with Crippen molar-refractivity contribution in [1.29, 1.82) is 0 Å². The number of rotatable bonds is 5. The zero-order valence-electron chi connectivity index (χ0n) is 15.5. The Kier molecular flexibility index (Phi) is 4.73. The topological polar surface area (TPSA) is 62.1 Å². The summed E-state index contributed by atoms with van der Waals surface area (Å²) in [6.07, 6.45) is 4.18. The first-order valence-electron chi connectivity index (χ1n) is 8.75. The summed E-state index contributed by atoms with van der Waals surface area (Å²) >= 11 is 0. The highest BCUT2D eigenvalue weighted by molar-refractivity contribution is 5.86. The molecule has 7 nitrogen and oxygen atoms in total. The molecule has 24 heavy (non-hydrogen) atoms. The summed E-state index contributed by atoms with van der Waals surface area (Å²) in [7, 11) is 6.29. The van der Waals surface area contributed by atoms with E-state index in [2.05, 4.69) is 51.2 Å². The molecular weight excluding hydrogens is 302 g/mol. The number of likely N-dealkylation sites (N-methyl/N-ethyl adjacent to an activating group) is 1. The number of aromatic nitrogens is 4. The third-order valence-corrected chi connectivity index (χ3v) is 5.47. The fourth-order valence-corrected chi connectivity index (χ4v) is 3.58. The maximum atomic E-state index is 4.62. The lowest BCUT2D eigenvalue weighted by Crippen LogP contribution is -2.56. The molecule has 2 aromatic rings. The van der Waals surface area contributed by atoms with Crippen LogP contribution in [0.15, 0.2) is 6.20 Å². The zero-order chi connectivity index (χ0) is 17.3. The van der Waals surface area contributed by atoms with Crippen LogP contribution in [0.5, 0.6) is 0 Å². The number of anilines is 1. The molecule has 3 heterocycles. The quantitative estimate of drug-likeness (QED) is 0.896. The molecular formula is C17H29N7. The minimum atomic E-state index is 0.166. The van der Waals surface area contributed by atoms with E-state index in [0.717, 1.165) is 48.9 Å². The Hall–Kier alpha value is -1.73. The van der Waals surface area contributed by atoms with Crippen molar-refractivity contribution in [3.8, 4) is 0 Å². The van der Waals surface area contributed by atoms with Crippen molar-refractivity contribution in [3.63, 3.8) is 0 Å². The van der Waals surface area contributed by atoms with Crippen LogP contribution in [-0.2, 0) is 7.05 Å². The molecule has 0 amide bonds. The Bertz CT molecular complexity index is 698. The molecule has 0 aliphatic carbocycles. The van der Waals surface area contributed by atoms with Gasteiger partial charge in [-0.1, -0.05) is 6.92 Å². The Labute approximate surface area is 144 Å². The first-order valence-corrected chi connectivity index (χ1v) is 8.75. The molecule has 0 atom stereocenters. The maximum Gasteiger partial charge on any atom is 0.163 e. The van der Waals surface area contributed by atoms with Gasteiger partial charge in [0.15, 0.2) is 5.65 Å². The van der Waals surface area contributed by atoms with Crippen molar-refractivity contribution in [2.24, 2.45) is 7.05 Å². The second kappa shape index (κ2) is 6.64. The average Bonchev–Trinajstić information content (AvgIpc) is 2.94. The summed E-state index contributed by atoms with van der Waals surface area (Å²) < 4.78 is 1.80. The molecule has 132 valence electrons. The van der Waals surface area contributed by atoms with Gasteiger partial charge >= 0.3 is 0 Å². The van der Waals surface area contributed by atoms with Crippen LogP contribution < -0.4 is 5.32 Å². The zero-order valence-corrected chi connectivity index (χ0v) is 15.5. The van der Waals surface area contributed by atoms with E-state index < -0.39 is 0 Å². The monoisotopic (exact) mass is 331 g/mol. The summed E-state index contributed by atoms with van der Waals surface area (Å²) in [6.45, 7) is 8.50. The third kappa shape index (κ3) is 3.10. The van der Waals surface area contributed by atoms with Crippen LogP contribution in [0.1, 0.15) is 25.6 Å². The molecule has 1 fully saturated rings. The van der Waals surface area contributed by atoms with Gasteiger partial charge in [0.1, 0.15) is 11.6 Å². The highest BCUT2D eigenvalue weighted by Gasteiger charge is 2.36. The Balaban J connectivity index is 1.81. The van der Waals surface area contributed by atoms with E-state index in [1.807, 2.05) is 20.2 Å². The molecule has 1 aliphatic rings. The smallest absolute Gasteiger partial charge is 0.163 e. The molecule has 0 radical (unpaired) electrons. The van der Waals surface area contributed by atoms with Gasteiger partial charge in [-0.05, 0) is 53.5 Å². The summed E-state index contributed by atoms with van der Waals surface area (Å²) in [5.74, 6) is 1.66. The Morgan fingerprint density at radius 1 is 1.25 bits per heavy atom. The van der Waals surface area contributed by atoms with Gasteiger partial charge in [0, 0.05) is 19.1 Å². The first-order chi connectivity index (χ1) is 11.4. The number of likely N-dealkylation sites (tertiary alicyclic amines) is 1. The molecule has 0 unspecified atom stereocenters. The number of nitrogens with one attached hydrogen (secondary N) is 1. The van der Waals surface area contributed by atoms with E-state index in [1.54, 1.807) is 4.68 Å². The highest BCUT2D eigenvalue weighted by atomic mass is 15.3. The molecule has 7 heteroatoms. The van der Waals surface area contributed by atoms with Crippen molar-refractivity contribution in [3.05, 3.63) is 12.0 Å². The standard InChI is InChI=1S/C17H29N7/c1-6-24-9-7-17(8-10-24,22(3)4)12-18-15-14-11-19-23(5)16(14)21-13(2)20-15/h11H,6-10,12H2,1-5H3,(H,18,20,21). The Morgan fingerprint density at radius 2 is 1.96 bits per heavy atom. The van der Waals surface area contributed by atoms with Crippen LogP contribution in [0.4, 0.5) is 5.82 Å². The van der Waals surface area contributed by atoms with Crippen LogP contribution in [0.3, 0.4) is 0 Å². The number of piperidine rings is 1. The summed E-state index contributed by atoms with van der Waals surface area (Å²) in [5, 5.41) is 8.91. The number of fused-ring (bicyclic) bond motifs is 1. The minimum Gasteiger partial charge on any atom is -0.367 e. The fraction of sp³-hybridized carbons (Fsp3) is 0.706. The van der Waals surface area contributed by atoms with Gasteiger partial charge in [0.25, 0.3) is 0 Å². The molecule has 0 saturated carbocycles. The fourth-order valence-electron chi connectivity index (χ4n) is 3.58. The minimum absolute atomic E-state index is 0.166. The largest absolute Gasteiger partial charge is 0.367 e. The molecule has 1 aliphatic heterocycles. The molecule has 3 rings (SSSR count). The van der Waals surface area contributed by atoms with Crippen molar-refractivity contribution in [2.75, 3.05) is 45.6 Å². The average molecular weight is 331 g/mol. The number of hydrogen-bond acceptors (Lipinski definition) is 6. The normalized spacial score (nSPS) is 18.4. The van der Waals surface area contributed by atoms with E-state index in [0.29, 0.717) is 0 Å². The highest BCUT2D eigenvalue weighted by Crippen LogP contribution is 2.28. The van der Waals surface area contributed by atoms with Crippen LogP contribution in [-0.4, -0.2) is 75.4 Å². The lowest BCUT2D eigenvalue weighted by atomic mass is 9.86. The van der Waals surface area contributed by atoms with E-state index >= 15 is 0 Å². The van der Waals surface area contributed by atoms with Gasteiger partial charge in [-0.2, -0.15) is 5.10 Å². The van der Waals surface area contributed by atoms with Gasteiger partial charge in [-0.25, -0.2) is 9.97 Å². The molecule has 2 aromatic heterocycles. The summed E-state index contributed by atoms with van der Waals surface area (Å²) in [5.41, 5.74) is 1.05. The lowest BCUT2D eigenvalue weighted by molar-refractivity contribution is 0.0686. The molecule has 1 saturated heterocycles. The van der Waals surface area contributed by atoms with Crippen molar-refractivity contribution in [2.45, 2.75) is 32.2 Å². The van der Waals surface area contributed by atoms with Crippen molar-refractivity contribution >= 4 is 16.9 Å². The lowest BCUT2D eigenvalue weighted by Gasteiger charge is -2.46. The molecule has 0 bridgehead atoms. The second-order valence-corrected chi connectivity index (χ2v) is 7.03. The van der Waals surface area contributed by atoms with E-state index in [4.69, 9.17) is 0 Å². The number of hydrogen-bond donors (Lipinski definition) is 1. The summed E-state index contributed by atoms with van der Waals surface area (Å²) in [6, 6.07) is 0. The number of nitrogens with zero attached hydrogens (tertiary/aromatic N) is 6. The van der Waals surface area contributed by atoms with Crippen LogP contribution in [0.25, 0.3) is 11.0 Å². The Morgan fingerprint density at radius 3 is 2.58 bits per heavy atom. The third-order valence-electron chi connectivity index (χ3n) is 5.47. The van der Waals surface area contributed by atoms with Gasteiger partial charge < -0.3 is 15.1 Å². The van der Waals surface area contributed by atoms with Gasteiger partial charge in [0.05, 0.1) is 11.6 Å². The SMILES string of the molecule is CCN1CCC(CNc2nc(C)nc3c2cnn3C)(N(C)C)CC1. The number of aryl methyl sites for hydroxylation is 2. The van der Waals surface area contributed by atoms with Crippen LogP contribution >= 0.6 is 0 Å². The predicted octanol–water partition coefficient (Wildman–Crippen LogP) is 1.50. The maximum absolute atomic E-state index is 4.62. The second-order valence-electron chi connectivity index (χ2n) is 7.03. The molecule has 0 aromatic carbocycles. The molecule has 0 spiro atoms. The van der Waals surface area contributed by atoms with Crippen LogP contribution in [0.2, 0.25) is 0 Å². The van der Waals surface area contributed by atoms with Gasteiger partial charge in [-0.3, -0.25) is 4.68 Å². The van der Waals surface area contributed by atoms with Crippen LogP contribution in [0, 0.1) is 6.92 Å². The van der Waals surface area contributed by atoms with E-state index in [9.17, 15) is 0 Å². The van der Waals surface area contributed by atoms with Gasteiger partial charge in [-0.15, -0.1) is 0 Å². The molecule has 1 N–H and O–H groups in total. The van der Waals surface area contributed by atoms with E-state index in [-0.39, 0.29) is 5.54 Å². The predicted molar refractivity (Wildman–Crippen MR) is 97.3 cm³/mol. The van der Waals surface area contributed by atoms with Gasteiger partial charge in [0.2, 0.25) is 0 Å². The van der Waals surface area contributed by atoms with Crippen molar-refractivity contribution in [1.82, 2.24) is 29.5 Å².